The van der Waals surface area contributed by atoms with Crippen LogP contribution in [0.15, 0.2) is 48.7 Å². The Hall–Kier alpha value is -3.59. The fourth-order valence-corrected chi connectivity index (χ4v) is 5.54. The van der Waals surface area contributed by atoms with Crippen molar-refractivity contribution in [2.75, 3.05) is 10.2 Å². The fourth-order valence-electron chi connectivity index (χ4n) is 4.55. The van der Waals surface area contributed by atoms with Crippen LogP contribution in [0.5, 0.6) is 0 Å². The molecule has 8 nitrogen and oxygen atoms in total. The van der Waals surface area contributed by atoms with Gasteiger partial charge in [0.15, 0.2) is 5.69 Å². The predicted octanol–water partition coefficient (Wildman–Crippen LogP) is 5.72. The predicted molar refractivity (Wildman–Crippen MR) is 140 cm³/mol. The highest BCUT2D eigenvalue weighted by molar-refractivity contribution is 7.18. The smallest absolute Gasteiger partial charge is 0.348 e. The first kappa shape index (κ1) is 25.5. The summed E-state index contributed by atoms with van der Waals surface area (Å²) in [5.41, 5.74) is 2.03. The molecule has 0 radical (unpaired) electrons. The number of nitrogens with zero attached hydrogens (tertiary/aromatic N) is 3. The highest BCUT2D eigenvalue weighted by Gasteiger charge is 2.33. The maximum atomic E-state index is 13.5. The van der Waals surface area contributed by atoms with Gasteiger partial charge in [-0.05, 0) is 81.3 Å². The molecule has 4 rings (SSSR count). The average molecular weight is 507 g/mol. The van der Waals surface area contributed by atoms with E-state index >= 15 is 0 Å². The number of aromatic carboxylic acids is 1. The van der Waals surface area contributed by atoms with Gasteiger partial charge < -0.3 is 15.3 Å². The minimum atomic E-state index is -1.05. The van der Waals surface area contributed by atoms with E-state index in [0.717, 1.165) is 47.5 Å². The molecule has 1 saturated carbocycles. The van der Waals surface area contributed by atoms with E-state index in [-0.39, 0.29) is 34.3 Å². The first-order valence-electron chi connectivity index (χ1n) is 12.1. The number of amides is 2. The largest absolute Gasteiger partial charge is 0.477 e. The van der Waals surface area contributed by atoms with Crippen LogP contribution in [0.2, 0.25) is 0 Å². The summed E-state index contributed by atoms with van der Waals surface area (Å²) in [6.45, 7) is 6.04. The SMILES string of the molecule is CC(C)N(c1cc(-c2ccc(NC(=O)c3cccnn3)cc2)sc1C(=O)O)C(=O)[C@H]1CC[C@H](C)CC1. The Bertz CT molecular complexity index is 1230. The summed E-state index contributed by atoms with van der Waals surface area (Å²) >= 11 is 1.15. The van der Waals surface area contributed by atoms with Gasteiger partial charge in [-0.1, -0.05) is 19.1 Å². The van der Waals surface area contributed by atoms with Crippen LogP contribution in [0.4, 0.5) is 11.4 Å². The molecule has 0 atom stereocenters. The monoisotopic (exact) mass is 506 g/mol. The summed E-state index contributed by atoms with van der Waals surface area (Å²) in [6.07, 6.45) is 5.20. The zero-order valence-corrected chi connectivity index (χ0v) is 21.4. The molecule has 0 bridgehead atoms. The second-order valence-electron chi connectivity index (χ2n) is 9.53. The number of rotatable bonds is 7. The lowest BCUT2D eigenvalue weighted by Gasteiger charge is -2.33. The van der Waals surface area contributed by atoms with Crippen molar-refractivity contribution >= 4 is 40.5 Å². The van der Waals surface area contributed by atoms with Crippen LogP contribution < -0.4 is 10.2 Å². The van der Waals surface area contributed by atoms with Gasteiger partial charge in [-0.3, -0.25) is 9.59 Å². The molecule has 3 aromatic rings. The van der Waals surface area contributed by atoms with Crippen molar-refractivity contribution in [1.29, 1.82) is 0 Å². The molecule has 36 heavy (non-hydrogen) atoms. The lowest BCUT2D eigenvalue weighted by molar-refractivity contribution is -0.123. The van der Waals surface area contributed by atoms with Crippen molar-refractivity contribution in [2.45, 2.75) is 52.5 Å². The molecule has 0 unspecified atom stereocenters. The van der Waals surface area contributed by atoms with E-state index in [9.17, 15) is 19.5 Å². The highest BCUT2D eigenvalue weighted by Crippen LogP contribution is 2.40. The Labute approximate surface area is 214 Å². The number of carbonyl (C=O) groups excluding carboxylic acids is 2. The van der Waals surface area contributed by atoms with Gasteiger partial charge in [0.1, 0.15) is 4.88 Å². The van der Waals surface area contributed by atoms with Crippen LogP contribution in [-0.2, 0) is 4.79 Å². The maximum absolute atomic E-state index is 13.5. The van der Waals surface area contributed by atoms with Crippen LogP contribution in [0.25, 0.3) is 10.4 Å². The molecule has 2 aromatic heterocycles. The van der Waals surface area contributed by atoms with Crippen molar-refractivity contribution < 1.29 is 19.5 Å². The molecular weight excluding hydrogens is 476 g/mol. The number of carboxylic acids is 1. The Balaban J connectivity index is 1.58. The molecule has 1 aliphatic rings. The molecule has 0 saturated heterocycles. The third-order valence-corrected chi connectivity index (χ3v) is 7.68. The molecule has 0 aliphatic heterocycles. The van der Waals surface area contributed by atoms with Crippen LogP contribution in [-0.4, -0.2) is 39.1 Å². The van der Waals surface area contributed by atoms with E-state index < -0.39 is 5.97 Å². The standard InChI is InChI=1S/C27H30N4O4S/c1-16(2)31(26(33)19-8-6-17(3)7-9-19)22-15-23(36-24(22)27(34)35)18-10-12-20(13-11-18)29-25(32)21-5-4-14-28-30-21/h4-5,10-17,19H,6-9H2,1-3H3,(H,29,32)(H,34,35)/t17-,19-. The highest BCUT2D eigenvalue weighted by atomic mass is 32.1. The van der Waals surface area contributed by atoms with E-state index in [1.54, 1.807) is 35.2 Å². The van der Waals surface area contributed by atoms with Crippen LogP contribution >= 0.6 is 11.3 Å². The number of hydrogen-bond acceptors (Lipinski definition) is 6. The van der Waals surface area contributed by atoms with Crippen molar-refractivity contribution in [3.63, 3.8) is 0 Å². The Morgan fingerprint density at radius 1 is 1.08 bits per heavy atom. The van der Waals surface area contributed by atoms with Crippen molar-refractivity contribution in [3.05, 3.63) is 59.2 Å². The lowest BCUT2D eigenvalue weighted by Crippen LogP contribution is -2.42. The Morgan fingerprint density at radius 3 is 2.36 bits per heavy atom. The first-order valence-corrected chi connectivity index (χ1v) is 13.0. The lowest BCUT2D eigenvalue weighted by atomic mass is 9.82. The number of thiophene rings is 1. The van der Waals surface area contributed by atoms with Gasteiger partial charge in [-0.25, -0.2) is 4.79 Å². The molecule has 0 spiro atoms. The van der Waals surface area contributed by atoms with Crippen LogP contribution in [0, 0.1) is 11.8 Å². The summed E-state index contributed by atoms with van der Waals surface area (Å²) < 4.78 is 0. The molecule has 188 valence electrons. The van der Waals surface area contributed by atoms with Gasteiger partial charge in [0.25, 0.3) is 5.91 Å². The summed E-state index contributed by atoms with van der Waals surface area (Å²) in [5.74, 6) is -0.871. The number of benzene rings is 1. The quantitative estimate of drug-likeness (QED) is 0.424. The molecule has 9 heteroatoms. The van der Waals surface area contributed by atoms with E-state index in [1.807, 2.05) is 26.0 Å². The molecule has 1 aliphatic carbocycles. The second-order valence-corrected chi connectivity index (χ2v) is 10.6. The van der Waals surface area contributed by atoms with Crippen molar-refractivity contribution in [1.82, 2.24) is 10.2 Å². The summed E-state index contributed by atoms with van der Waals surface area (Å²) in [5, 5.41) is 20.2. The van der Waals surface area contributed by atoms with Gasteiger partial charge in [0.05, 0.1) is 5.69 Å². The third kappa shape index (κ3) is 5.62. The van der Waals surface area contributed by atoms with E-state index in [0.29, 0.717) is 17.3 Å². The molecular formula is C27H30N4O4S. The number of nitrogens with one attached hydrogen (secondary N) is 1. The van der Waals surface area contributed by atoms with Gasteiger partial charge in [0, 0.05) is 28.7 Å². The van der Waals surface area contributed by atoms with E-state index in [4.69, 9.17) is 0 Å². The maximum Gasteiger partial charge on any atom is 0.348 e. The summed E-state index contributed by atoms with van der Waals surface area (Å²) in [4.78, 5) is 40.6. The zero-order chi connectivity index (χ0) is 25.8. The average Bonchev–Trinajstić information content (AvgIpc) is 3.30. The number of hydrogen-bond donors (Lipinski definition) is 2. The van der Waals surface area contributed by atoms with E-state index in [2.05, 4.69) is 22.4 Å². The van der Waals surface area contributed by atoms with Crippen LogP contribution in [0.3, 0.4) is 0 Å². The Kier molecular flexibility index (Phi) is 7.79. The molecule has 1 fully saturated rings. The number of carboxylic acid groups (broad SMARTS) is 1. The molecule has 1 aromatic carbocycles. The minimum Gasteiger partial charge on any atom is -0.477 e. The number of anilines is 2. The molecule has 2 heterocycles. The van der Waals surface area contributed by atoms with E-state index in [1.165, 1.54) is 6.20 Å². The number of aromatic nitrogens is 2. The zero-order valence-electron chi connectivity index (χ0n) is 20.6. The summed E-state index contributed by atoms with van der Waals surface area (Å²) in [6, 6.07) is 12.0. The van der Waals surface area contributed by atoms with Gasteiger partial charge in [0.2, 0.25) is 5.91 Å². The van der Waals surface area contributed by atoms with Gasteiger partial charge in [-0.15, -0.1) is 16.4 Å². The summed E-state index contributed by atoms with van der Waals surface area (Å²) in [7, 11) is 0. The van der Waals surface area contributed by atoms with Gasteiger partial charge >= 0.3 is 5.97 Å². The second kappa shape index (κ2) is 11.0. The fraction of sp³-hybridized carbons (Fsp3) is 0.370. The molecule has 2 N–H and O–H groups in total. The first-order chi connectivity index (χ1) is 17.2. The van der Waals surface area contributed by atoms with Crippen molar-refractivity contribution in [2.24, 2.45) is 11.8 Å². The Morgan fingerprint density at radius 2 is 1.78 bits per heavy atom. The number of carbonyl (C=O) groups is 3. The minimum absolute atomic E-state index is 0.00539. The topological polar surface area (TPSA) is 112 Å². The van der Waals surface area contributed by atoms with Crippen molar-refractivity contribution in [3.8, 4) is 10.4 Å². The third-order valence-electron chi connectivity index (χ3n) is 6.52. The van der Waals surface area contributed by atoms with Crippen LogP contribution in [0.1, 0.15) is 66.6 Å². The molecule has 2 amide bonds. The van der Waals surface area contributed by atoms with Gasteiger partial charge in [-0.2, -0.15) is 5.10 Å². The normalized spacial score (nSPS) is 17.6.